The van der Waals surface area contributed by atoms with Gasteiger partial charge in [0, 0.05) is 10.9 Å². The summed E-state index contributed by atoms with van der Waals surface area (Å²) >= 11 is 1.76. The van der Waals surface area contributed by atoms with E-state index in [9.17, 15) is 0 Å². The summed E-state index contributed by atoms with van der Waals surface area (Å²) in [5.41, 5.74) is 2.51. The van der Waals surface area contributed by atoms with Crippen LogP contribution in [0.4, 0.5) is 0 Å². The van der Waals surface area contributed by atoms with Crippen LogP contribution in [0.1, 0.15) is 27.7 Å². The van der Waals surface area contributed by atoms with Gasteiger partial charge in [-0.25, -0.2) is 0 Å². The first-order valence-corrected chi connectivity index (χ1v) is 7.29. The second-order valence-corrected chi connectivity index (χ2v) is 7.16. The summed E-state index contributed by atoms with van der Waals surface area (Å²) in [4.78, 5) is 4.40. The molecule has 0 aliphatic carbocycles. The third-order valence-corrected chi connectivity index (χ3v) is 5.44. The van der Waals surface area contributed by atoms with E-state index >= 15 is 0 Å². The average Bonchev–Trinajstić information content (AvgIpc) is 2.81. The summed E-state index contributed by atoms with van der Waals surface area (Å²) in [5.74, 6) is 0. The van der Waals surface area contributed by atoms with Crippen molar-refractivity contribution in [3.8, 4) is 0 Å². The van der Waals surface area contributed by atoms with Gasteiger partial charge >= 0.3 is 6.92 Å². The maximum Gasteiger partial charge on any atom is 0.329 e. The van der Waals surface area contributed by atoms with Gasteiger partial charge in [-0.15, -0.1) is 11.3 Å². The number of hydrogen-bond donors (Lipinski definition) is 0. The minimum absolute atomic E-state index is 0.0788. The van der Waals surface area contributed by atoms with E-state index < -0.39 is 0 Å². The van der Waals surface area contributed by atoms with Gasteiger partial charge < -0.3 is 4.65 Å². The van der Waals surface area contributed by atoms with Crippen LogP contribution in [0.2, 0.25) is 6.32 Å². The van der Waals surface area contributed by atoms with Crippen molar-refractivity contribution in [1.29, 1.82) is 0 Å². The van der Waals surface area contributed by atoms with E-state index in [1.54, 1.807) is 11.3 Å². The molecule has 1 aliphatic heterocycles. The number of fused-ring (bicyclic) bond motifs is 1. The van der Waals surface area contributed by atoms with E-state index in [0.29, 0.717) is 0 Å². The minimum Gasteiger partial charge on any atom is -0.425 e. The van der Waals surface area contributed by atoms with Crippen molar-refractivity contribution in [2.45, 2.75) is 39.6 Å². The average molecular weight is 259 g/mol. The molecule has 0 aromatic carbocycles. The smallest absolute Gasteiger partial charge is 0.329 e. The monoisotopic (exact) mass is 259 g/mol. The molecule has 2 nitrogen and oxygen atoms in total. The van der Waals surface area contributed by atoms with Gasteiger partial charge in [-0.2, -0.15) is 0 Å². The van der Waals surface area contributed by atoms with Gasteiger partial charge in [0.2, 0.25) is 0 Å². The lowest BCUT2D eigenvalue weighted by Crippen LogP contribution is -2.36. The van der Waals surface area contributed by atoms with Gasteiger partial charge in [-0.05, 0) is 48.6 Å². The van der Waals surface area contributed by atoms with Gasteiger partial charge in [-0.3, -0.25) is 4.98 Å². The van der Waals surface area contributed by atoms with Crippen LogP contribution in [0.5, 0.6) is 0 Å². The highest BCUT2D eigenvalue weighted by Crippen LogP contribution is 2.45. The van der Waals surface area contributed by atoms with Crippen LogP contribution >= 0.6 is 11.3 Å². The molecule has 1 saturated heterocycles. The van der Waals surface area contributed by atoms with Crippen molar-refractivity contribution in [3.63, 3.8) is 0 Å². The lowest BCUT2D eigenvalue weighted by atomic mass is 9.54. The molecule has 3 heterocycles. The lowest BCUT2D eigenvalue weighted by Gasteiger charge is -2.34. The number of aromatic nitrogens is 1. The van der Waals surface area contributed by atoms with Crippen molar-refractivity contribution in [3.05, 3.63) is 23.7 Å². The molecule has 1 fully saturated rings. The summed E-state index contributed by atoms with van der Waals surface area (Å²) in [5, 5.41) is 2.10. The van der Waals surface area contributed by atoms with Crippen molar-refractivity contribution in [2.75, 3.05) is 0 Å². The molecule has 3 rings (SSSR count). The number of rotatable bonds is 1. The Labute approximate surface area is 112 Å². The van der Waals surface area contributed by atoms with E-state index in [1.807, 2.05) is 6.20 Å². The summed E-state index contributed by atoms with van der Waals surface area (Å²) in [6.45, 7) is 9.17. The fourth-order valence-corrected chi connectivity index (χ4v) is 3.50. The first-order valence-electron chi connectivity index (χ1n) is 6.41. The number of nitrogens with zero attached hydrogens (tertiary/aromatic N) is 1. The molecule has 94 valence electrons. The lowest BCUT2D eigenvalue weighted by molar-refractivity contribution is 0.0376. The normalized spacial score (nSPS) is 21.7. The van der Waals surface area contributed by atoms with Gasteiger partial charge in [0.25, 0.3) is 0 Å². The molecule has 2 aromatic heterocycles. The van der Waals surface area contributed by atoms with Gasteiger partial charge in [0.1, 0.15) is 0 Å². The predicted molar refractivity (Wildman–Crippen MR) is 78.8 cm³/mol. The summed E-state index contributed by atoms with van der Waals surface area (Å²) in [6, 6.07) is 4.19. The van der Waals surface area contributed by atoms with Crippen LogP contribution in [0.3, 0.4) is 0 Å². The molecular weight excluding hydrogens is 241 g/mol. The Balaban J connectivity index is 2.05. The predicted octanol–water partition coefficient (Wildman–Crippen LogP) is 3.33. The van der Waals surface area contributed by atoms with Gasteiger partial charge in [0.05, 0.1) is 11.1 Å². The molecule has 0 atom stereocenters. The quantitative estimate of drug-likeness (QED) is 0.733. The molecule has 0 amide bonds. The minimum atomic E-state index is -0.0788. The van der Waals surface area contributed by atoms with Crippen LogP contribution in [0.15, 0.2) is 23.7 Å². The van der Waals surface area contributed by atoms with Crippen molar-refractivity contribution in [1.82, 2.24) is 4.98 Å². The van der Waals surface area contributed by atoms with Crippen molar-refractivity contribution < 1.29 is 4.65 Å². The Morgan fingerprint density at radius 1 is 1.28 bits per heavy atom. The zero-order chi connectivity index (χ0) is 13.0. The topological polar surface area (TPSA) is 22.1 Å². The van der Waals surface area contributed by atoms with Crippen molar-refractivity contribution in [2.24, 2.45) is 5.41 Å². The van der Waals surface area contributed by atoms with Crippen LogP contribution in [0, 0.1) is 5.41 Å². The van der Waals surface area contributed by atoms with Gasteiger partial charge in [0.15, 0.2) is 0 Å². The van der Waals surface area contributed by atoms with Crippen LogP contribution in [0.25, 0.3) is 10.2 Å². The highest BCUT2D eigenvalue weighted by molar-refractivity contribution is 7.18. The Kier molecular flexibility index (Phi) is 2.58. The number of pyridine rings is 1. The molecule has 2 aromatic rings. The van der Waals surface area contributed by atoms with E-state index in [2.05, 4.69) is 50.2 Å². The van der Waals surface area contributed by atoms with Crippen LogP contribution in [-0.4, -0.2) is 17.5 Å². The zero-order valence-corrected chi connectivity index (χ0v) is 12.2. The van der Waals surface area contributed by atoms with E-state index in [4.69, 9.17) is 4.65 Å². The first-order chi connectivity index (χ1) is 8.41. The molecule has 1 aliphatic rings. The fraction of sp³-hybridized carbons (Fsp3) is 0.500. The maximum absolute atomic E-state index is 6.31. The van der Waals surface area contributed by atoms with E-state index in [1.165, 1.54) is 10.2 Å². The van der Waals surface area contributed by atoms with E-state index in [-0.39, 0.29) is 17.9 Å². The zero-order valence-electron chi connectivity index (χ0n) is 11.4. The third-order valence-electron chi connectivity index (χ3n) is 4.48. The molecule has 0 unspecified atom stereocenters. The van der Waals surface area contributed by atoms with Crippen molar-refractivity contribution >= 4 is 33.9 Å². The summed E-state index contributed by atoms with van der Waals surface area (Å²) in [7, 11) is 0. The third kappa shape index (κ3) is 1.70. The second-order valence-electron chi connectivity index (χ2n) is 6.24. The molecule has 18 heavy (non-hydrogen) atoms. The van der Waals surface area contributed by atoms with Gasteiger partial charge in [-0.1, -0.05) is 13.8 Å². The Morgan fingerprint density at radius 2 is 2.06 bits per heavy atom. The standard InChI is InChI=1S/C14H18BNOS/c1-13(2)9-15(17-14(13,3)4)10-5-7-16-11-6-8-18-12(10)11/h5-8H,9H2,1-4H3. The Morgan fingerprint density at radius 3 is 2.72 bits per heavy atom. The highest BCUT2D eigenvalue weighted by atomic mass is 32.1. The summed E-state index contributed by atoms with van der Waals surface area (Å²) in [6.07, 6.45) is 2.96. The molecule has 0 spiro atoms. The number of hydrogen-bond acceptors (Lipinski definition) is 3. The van der Waals surface area contributed by atoms with Crippen LogP contribution < -0.4 is 5.46 Å². The molecular formula is C14H18BNOS. The number of thiophene rings is 1. The summed E-state index contributed by atoms with van der Waals surface area (Å²) < 4.78 is 7.58. The molecule has 0 bridgehead atoms. The molecule has 0 N–H and O–H groups in total. The molecule has 4 heteroatoms. The fourth-order valence-electron chi connectivity index (χ4n) is 2.59. The maximum atomic E-state index is 6.31. The SMILES string of the molecule is CC1(C)CB(c2ccnc3ccsc23)OC1(C)C. The van der Waals surface area contributed by atoms with Crippen LogP contribution in [-0.2, 0) is 4.65 Å². The molecule has 0 saturated carbocycles. The highest BCUT2D eigenvalue weighted by Gasteiger charge is 2.50. The first kappa shape index (κ1) is 12.2. The Hall–Kier alpha value is -0.865. The second kappa shape index (κ2) is 3.81. The van der Waals surface area contributed by atoms with E-state index in [0.717, 1.165) is 11.8 Å². The largest absolute Gasteiger partial charge is 0.425 e. The Bertz CT molecular complexity index is 574. The molecule has 0 radical (unpaired) electrons.